The van der Waals surface area contributed by atoms with Crippen molar-refractivity contribution in [1.82, 2.24) is 5.32 Å². The number of hydrogen-bond acceptors (Lipinski definition) is 6. The van der Waals surface area contributed by atoms with Crippen molar-refractivity contribution in [1.29, 1.82) is 0 Å². The standard InChI is InChI=1S/C37H28FN3O5S/c38-30-14-8-7-13-26(30)21-31(41-35(42)25-11-5-2-6-12-25)36(43)39-27-15-18-29(19-16-27)47-34(24-9-3-1-4-10-24)37(44)40-28-17-20-32-33(22-28)46-23-45-32/h1-22,34H,23H2,(H,39,43)(H,40,44)(H,41,42)/b31-21-. The maximum atomic E-state index is 14.5. The van der Waals surface area contributed by atoms with Crippen LogP contribution < -0.4 is 25.4 Å². The van der Waals surface area contributed by atoms with Crippen LogP contribution in [-0.2, 0) is 9.59 Å². The van der Waals surface area contributed by atoms with Crippen molar-refractivity contribution in [2.45, 2.75) is 10.1 Å². The molecule has 0 spiro atoms. The number of rotatable bonds is 10. The molecule has 0 saturated carbocycles. The maximum Gasteiger partial charge on any atom is 0.272 e. The summed E-state index contributed by atoms with van der Waals surface area (Å²) in [6, 6.07) is 36.0. The lowest BCUT2D eigenvalue weighted by Gasteiger charge is -2.18. The third-order valence-corrected chi connectivity index (χ3v) is 8.35. The molecule has 1 unspecified atom stereocenters. The SMILES string of the molecule is O=C(Nc1ccc(SC(C(=O)Nc2ccc3c(c2)OCO3)c2ccccc2)cc1)/C(=C/c1ccccc1F)NC(=O)c1ccccc1. The van der Waals surface area contributed by atoms with Gasteiger partial charge in [0, 0.05) is 33.5 Å². The molecule has 0 fully saturated rings. The molecule has 10 heteroatoms. The van der Waals surface area contributed by atoms with Crippen LogP contribution in [0.1, 0.15) is 26.7 Å². The summed E-state index contributed by atoms with van der Waals surface area (Å²) >= 11 is 1.35. The summed E-state index contributed by atoms with van der Waals surface area (Å²) in [6.45, 7) is 0.136. The summed E-state index contributed by atoms with van der Waals surface area (Å²) in [4.78, 5) is 40.6. The fourth-order valence-electron chi connectivity index (χ4n) is 4.72. The molecular weight excluding hydrogens is 617 g/mol. The Hall–Kier alpha value is -5.87. The van der Waals surface area contributed by atoms with Gasteiger partial charge in [0.2, 0.25) is 12.7 Å². The van der Waals surface area contributed by atoms with Crippen LogP contribution in [0.3, 0.4) is 0 Å². The van der Waals surface area contributed by atoms with Crippen LogP contribution in [0.2, 0.25) is 0 Å². The molecular formula is C37H28FN3O5S. The molecule has 1 heterocycles. The number of anilines is 2. The molecule has 47 heavy (non-hydrogen) atoms. The minimum atomic E-state index is -0.636. The van der Waals surface area contributed by atoms with Gasteiger partial charge in [-0.1, -0.05) is 66.7 Å². The lowest BCUT2D eigenvalue weighted by atomic mass is 10.1. The van der Waals surface area contributed by atoms with Crippen molar-refractivity contribution in [2.24, 2.45) is 0 Å². The van der Waals surface area contributed by atoms with Crippen molar-refractivity contribution in [3.63, 3.8) is 0 Å². The minimum Gasteiger partial charge on any atom is -0.454 e. The monoisotopic (exact) mass is 645 g/mol. The number of hydrogen-bond donors (Lipinski definition) is 3. The van der Waals surface area contributed by atoms with Gasteiger partial charge in [0.15, 0.2) is 11.5 Å². The van der Waals surface area contributed by atoms with E-state index in [-0.39, 0.29) is 24.0 Å². The Morgan fingerprint density at radius 1 is 0.723 bits per heavy atom. The zero-order valence-corrected chi connectivity index (χ0v) is 25.6. The molecule has 6 rings (SSSR count). The van der Waals surface area contributed by atoms with Crippen LogP contribution in [-0.4, -0.2) is 24.5 Å². The Kier molecular flexibility index (Phi) is 9.59. The normalized spacial score (nSPS) is 12.6. The molecule has 0 bridgehead atoms. The number of nitrogens with one attached hydrogen (secondary N) is 3. The van der Waals surface area contributed by atoms with Gasteiger partial charge in [-0.05, 0) is 66.2 Å². The van der Waals surface area contributed by atoms with E-state index in [9.17, 15) is 18.8 Å². The zero-order chi connectivity index (χ0) is 32.6. The molecule has 5 aromatic rings. The van der Waals surface area contributed by atoms with Crippen molar-refractivity contribution in [3.8, 4) is 11.5 Å². The quantitative estimate of drug-likeness (QED) is 0.108. The summed E-state index contributed by atoms with van der Waals surface area (Å²) in [5.74, 6) is -0.726. The third kappa shape index (κ3) is 7.86. The van der Waals surface area contributed by atoms with Crippen molar-refractivity contribution < 1.29 is 28.2 Å². The predicted molar refractivity (Wildman–Crippen MR) is 180 cm³/mol. The van der Waals surface area contributed by atoms with E-state index in [0.29, 0.717) is 28.4 Å². The van der Waals surface area contributed by atoms with Crippen molar-refractivity contribution >= 4 is 46.9 Å². The van der Waals surface area contributed by atoms with Gasteiger partial charge in [-0.2, -0.15) is 0 Å². The molecule has 0 saturated heterocycles. The maximum absolute atomic E-state index is 14.5. The largest absolute Gasteiger partial charge is 0.454 e. The summed E-state index contributed by atoms with van der Waals surface area (Å²) in [5, 5.41) is 7.76. The van der Waals surface area contributed by atoms with E-state index in [1.165, 1.54) is 36.0 Å². The van der Waals surface area contributed by atoms with E-state index in [1.807, 2.05) is 30.3 Å². The number of amides is 3. The summed E-state index contributed by atoms with van der Waals surface area (Å²) in [5.41, 5.74) is 2.18. The highest BCUT2D eigenvalue weighted by atomic mass is 32.2. The van der Waals surface area contributed by atoms with Gasteiger partial charge in [-0.25, -0.2) is 4.39 Å². The Morgan fingerprint density at radius 2 is 1.38 bits per heavy atom. The molecule has 1 aliphatic heterocycles. The lowest BCUT2D eigenvalue weighted by molar-refractivity contribution is -0.116. The average Bonchev–Trinajstić information content (AvgIpc) is 3.57. The Labute approximate surface area is 274 Å². The van der Waals surface area contributed by atoms with E-state index in [0.717, 1.165) is 10.5 Å². The van der Waals surface area contributed by atoms with E-state index in [4.69, 9.17) is 9.47 Å². The second-order valence-electron chi connectivity index (χ2n) is 10.3. The van der Waals surface area contributed by atoms with Gasteiger partial charge >= 0.3 is 0 Å². The topological polar surface area (TPSA) is 106 Å². The fourth-order valence-corrected chi connectivity index (χ4v) is 5.75. The lowest BCUT2D eigenvalue weighted by Crippen LogP contribution is -2.30. The second kappa shape index (κ2) is 14.5. The number of ether oxygens (including phenoxy) is 2. The number of carbonyl (C=O) groups is 3. The van der Waals surface area contributed by atoms with Crippen molar-refractivity contribution in [3.05, 3.63) is 156 Å². The molecule has 234 valence electrons. The number of fused-ring (bicyclic) bond motifs is 1. The highest BCUT2D eigenvalue weighted by Gasteiger charge is 2.24. The van der Waals surface area contributed by atoms with E-state index in [2.05, 4.69) is 16.0 Å². The fraction of sp³-hybridized carbons (Fsp3) is 0.0541. The average molecular weight is 646 g/mol. The highest BCUT2D eigenvalue weighted by Crippen LogP contribution is 2.38. The minimum absolute atomic E-state index is 0.133. The van der Waals surface area contributed by atoms with Crippen LogP contribution in [0.4, 0.5) is 15.8 Å². The molecule has 0 radical (unpaired) electrons. The smallest absolute Gasteiger partial charge is 0.272 e. The van der Waals surface area contributed by atoms with E-state index < -0.39 is 22.9 Å². The molecule has 3 N–H and O–H groups in total. The van der Waals surface area contributed by atoms with Gasteiger partial charge in [0.25, 0.3) is 11.8 Å². The summed E-state index contributed by atoms with van der Waals surface area (Å²) in [6.07, 6.45) is 1.29. The van der Waals surface area contributed by atoms with E-state index >= 15 is 0 Å². The molecule has 8 nitrogen and oxygen atoms in total. The Bertz CT molecular complexity index is 1940. The second-order valence-corrected chi connectivity index (χ2v) is 11.5. The molecule has 5 aromatic carbocycles. The predicted octanol–water partition coefficient (Wildman–Crippen LogP) is 7.44. The zero-order valence-electron chi connectivity index (χ0n) is 24.8. The first-order valence-corrected chi connectivity index (χ1v) is 15.5. The number of halogens is 1. The van der Waals surface area contributed by atoms with Crippen LogP contribution >= 0.6 is 11.8 Å². The van der Waals surface area contributed by atoms with Gasteiger partial charge < -0.3 is 25.4 Å². The highest BCUT2D eigenvalue weighted by molar-refractivity contribution is 8.00. The molecule has 0 aromatic heterocycles. The van der Waals surface area contributed by atoms with Gasteiger partial charge in [-0.3, -0.25) is 14.4 Å². The van der Waals surface area contributed by atoms with Gasteiger partial charge in [-0.15, -0.1) is 11.8 Å². The van der Waals surface area contributed by atoms with E-state index in [1.54, 1.807) is 78.9 Å². The first kappa shape index (κ1) is 31.1. The first-order chi connectivity index (χ1) is 22.9. The Morgan fingerprint density at radius 3 is 2.13 bits per heavy atom. The van der Waals surface area contributed by atoms with Crippen LogP contribution in [0, 0.1) is 5.82 Å². The van der Waals surface area contributed by atoms with Gasteiger partial charge in [0.1, 0.15) is 16.8 Å². The molecule has 1 aliphatic rings. The van der Waals surface area contributed by atoms with Gasteiger partial charge in [0.05, 0.1) is 0 Å². The summed E-state index contributed by atoms with van der Waals surface area (Å²) < 4.78 is 25.3. The molecule has 0 aliphatic carbocycles. The molecule has 3 amide bonds. The first-order valence-electron chi connectivity index (χ1n) is 14.6. The Balaban J connectivity index is 1.18. The molecule has 1 atom stereocenters. The summed E-state index contributed by atoms with van der Waals surface area (Å²) in [7, 11) is 0. The number of benzene rings is 5. The van der Waals surface area contributed by atoms with Crippen LogP contribution in [0.25, 0.3) is 6.08 Å². The van der Waals surface area contributed by atoms with Crippen LogP contribution in [0.15, 0.2) is 138 Å². The van der Waals surface area contributed by atoms with Crippen LogP contribution in [0.5, 0.6) is 11.5 Å². The van der Waals surface area contributed by atoms with Crippen molar-refractivity contribution in [2.75, 3.05) is 17.4 Å². The number of carbonyl (C=O) groups excluding carboxylic acids is 3. The number of thioether (sulfide) groups is 1. The third-order valence-electron chi connectivity index (χ3n) is 7.08.